The van der Waals surface area contributed by atoms with Crippen molar-refractivity contribution in [1.82, 2.24) is 4.98 Å². The maximum absolute atomic E-state index is 13.1. The minimum Gasteiger partial charge on any atom is -0.339 e. The fraction of sp³-hybridized carbons (Fsp3) is 0.0769. The number of rotatable bonds is 2. The molecule has 4 heteroatoms. The van der Waals surface area contributed by atoms with Crippen molar-refractivity contribution in [3.8, 4) is 6.07 Å². The van der Waals surface area contributed by atoms with Crippen LogP contribution in [0, 0.1) is 24.1 Å². The monoisotopic (exact) mass is 227 g/mol. The molecule has 0 saturated heterocycles. The van der Waals surface area contributed by atoms with Crippen molar-refractivity contribution in [1.29, 1.82) is 5.26 Å². The second-order valence-electron chi connectivity index (χ2n) is 3.60. The zero-order chi connectivity index (χ0) is 12.3. The van der Waals surface area contributed by atoms with Gasteiger partial charge in [0.05, 0.1) is 5.56 Å². The van der Waals surface area contributed by atoms with Crippen LogP contribution >= 0.6 is 0 Å². The van der Waals surface area contributed by atoms with Gasteiger partial charge in [-0.05, 0) is 36.8 Å². The van der Waals surface area contributed by atoms with E-state index in [1.807, 2.05) is 13.0 Å². The average Bonchev–Trinajstić information content (AvgIpc) is 2.34. The van der Waals surface area contributed by atoms with E-state index in [4.69, 9.17) is 5.26 Å². The summed E-state index contributed by atoms with van der Waals surface area (Å²) in [6.07, 6.45) is 1.58. The standard InChI is InChI=1S/C13H10FN3/c1-9-4-5-11(14)7-12(9)17-13-10(8-15)3-2-6-16-13/h2-7H,1H3,(H,16,17). The lowest BCUT2D eigenvalue weighted by molar-refractivity contribution is 0.628. The van der Waals surface area contributed by atoms with Crippen molar-refractivity contribution >= 4 is 11.5 Å². The normalized spacial score (nSPS) is 9.71. The van der Waals surface area contributed by atoms with Crippen LogP contribution in [0.4, 0.5) is 15.9 Å². The Balaban J connectivity index is 2.38. The number of nitriles is 1. The van der Waals surface area contributed by atoms with Crippen LogP contribution in [0.3, 0.4) is 0 Å². The van der Waals surface area contributed by atoms with E-state index in [0.29, 0.717) is 17.1 Å². The van der Waals surface area contributed by atoms with Crippen LogP contribution in [0.1, 0.15) is 11.1 Å². The van der Waals surface area contributed by atoms with Crippen molar-refractivity contribution in [3.63, 3.8) is 0 Å². The fourth-order valence-electron chi connectivity index (χ4n) is 1.45. The van der Waals surface area contributed by atoms with E-state index >= 15 is 0 Å². The molecular weight excluding hydrogens is 217 g/mol. The van der Waals surface area contributed by atoms with E-state index in [-0.39, 0.29) is 5.82 Å². The van der Waals surface area contributed by atoms with E-state index in [2.05, 4.69) is 10.3 Å². The van der Waals surface area contributed by atoms with Crippen LogP contribution in [0.5, 0.6) is 0 Å². The Labute approximate surface area is 98.5 Å². The van der Waals surface area contributed by atoms with Crippen LogP contribution in [0.2, 0.25) is 0 Å². The molecule has 0 spiro atoms. The quantitative estimate of drug-likeness (QED) is 0.857. The second-order valence-corrected chi connectivity index (χ2v) is 3.60. The third-order valence-electron chi connectivity index (χ3n) is 2.38. The topological polar surface area (TPSA) is 48.7 Å². The lowest BCUT2D eigenvalue weighted by Crippen LogP contribution is -1.98. The summed E-state index contributed by atoms with van der Waals surface area (Å²) in [4.78, 5) is 4.06. The Morgan fingerprint density at radius 1 is 1.35 bits per heavy atom. The molecule has 1 aromatic heterocycles. The minimum absolute atomic E-state index is 0.326. The van der Waals surface area contributed by atoms with Gasteiger partial charge in [-0.2, -0.15) is 5.26 Å². The third kappa shape index (κ3) is 2.40. The summed E-state index contributed by atoms with van der Waals surface area (Å²) in [5, 5.41) is 11.9. The second kappa shape index (κ2) is 4.62. The fourth-order valence-corrected chi connectivity index (χ4v) is 1.45. The van der Waals surface area contributed by atoms with E-state index in [9.17, 15) is 4.39 Å². The van der Waals surface area contributed by atoms with Crippen LogP contribution in [-0.4, -0.2) is 4.98 Å². The zero-order valence-electron chi connectivity index (χ0n) is 9.24. The van der Waals surface area contributed by atoms with Gasteiger partial charge in [0.15, 0.2) is 0 Å². The summed E-state index contributed by atoms with van der Waals surface area (Å²) in [6.45, 7) is 1.86. The Hall–Kier alpha value is -2.41. The van der Waals surface area contributed by atoms with Crippen molar-refractivity contribution in [2.45, 2.75) is 6.92 Å². The first kappa shape index (κ1) is 11.1. The Kier molecular flexibility index (Phi) is 3.01. The van der Waals surface area contributed by atoms with Gasteiger partial charge in [-0.25, -0.2) is 9.37 Å². The highest BCUT2D eigenvalue weighted by molar-refractivity contribution is 5.64. The van der Waals surface area contributed by atoms with Crippen molar-refractivity contribution < 1.29 is 4.39 Å². The summed E-state index contributed by atoms with van der Waals surface area (Å²) >= 11 is 0. The molecular formula is C13H10FN3. The predicted octanol–water partition coefficient (Wildman–Crippen LogP) is 3.14. The van der Waals surface area contributed by atoms with Gasteiger partial charge in [-0.3, -0.25) is 0 Å². The first-order chi connectivity index (χ1) is 8.20. The number of nitrogens with zero attached hydrogens (tertiary/aromatic N) is 2. The number of hydrogen-bond acceptors (Lipinski definition) is 3. The Morgan fingerprint density at radius 2 is 2.18 bits per heavy atom. The lowest BCUT2D eigenvalue weighted by atomic mass is 10.2. The van der Waals surface area contributed by atoms with E-state index in [0.717, 1.165) is 5.56 Å². The molecule has 0 radical (unpaired) electrons. The molecule has 84 valence electrons. The molecule has 17 heavy (non-hydrogen) atoms. The number of benzene rings is 1. The van der Waals surface area contributed by atoms with Gasteiger partial charge in [0, 0.05) is 11.9 Å². The highest BCUT2D eigenvalue weighted by Gasteiger charge is 2.05. The highest BCUT2D eigenvalue weighted by atomic mass is 19.1. The van der Waals surface area contributed by atoms with Gasteiger partial charge in [0.25, 0.3) is 0 Å². The van der Waals surface area contributed by atoms with Crippen molar-refractivity contribution in [2.75, 3.05) is 5.32 Å². The van der Waals surface area contributed by atoms with E-state index in [1.165, 1.54) is 12.1 Å². The highest BCUT2D eigenvalue weighted by Crippen LogP contribution is 2.21. The van der Waals surface area contributed by atoms with Gasteiger partial charge in [0.1, 0.15) is 17.7 Å². The molecule has 0 unspecified atom stereocenters. The van der Waals surface area contributed by atoms with E-state index < -0.39 is 0 Å². The van der Waals surface area contributed by atoms with Gasteiger partial charge in [-0.1, -0.05) is 6.07 Å². The van der Waals surface area contributed by atoms with Gasteiger partial charge in [-0.15, -0.1) is 0 Å². The average molecular weight is 227 g/mol. The minimum atomic E-state index is -0.326. The molecule has 1 N–H and O–H groups in total. The number of aromatic nitrogens is 1. The van der Waals surface area contributed by atoms with Crippen LogP contribution in [0.25, 0.3) is 0 Å². The number of nitrogens with one attached hydrogen (secondary N) is 1. The van der Waals surface area contributed by atoms with Crippen LogP contribution in [-0.2, 0) is 0 Å². The van der Waals surface area contributed by atoms with Gasteiger partial charge >= 0.3 is 0 Å². The number of aryl methyl sites for hydroxylation is 1. The summed E-state index contributed by atoms with van der Waals surface area (Å²) in [5.41, 5.74) is 1.93. The summed E-state index contributed by atoms with van der Waals surface area (Å²) < 4.78 is 13.1. The predicted molar refractivity (Wildman–Crippen MR) is 63.4 cm³/mol. The number of anilines is 2. The first-order valence-corrected chi connectivity index (χ1v) is 5.09. The maximum atomic E-state index is 13.1. The summed E-state index contributed by atoms with van der Waals surface area (Å²) in [7, 11) is 0. The third-order valence-corrected chi connectivity index (χ3v) is 2.38. The van der Waals surface area contributed by atoms with Gasteiger partial charge < -0.3 is 5.32 Å². The molecule has 1 heterocycles. The molecule has 2 rings (SSSR count). The molecule has 0 bridgehead atoms. The zero-order valence-corrected chi connectivity index (χ0v) is 9.24. The van der Waals surface area contributed by atoms with Crippen LogP contribution < -0.4 is 5.32 Å². The lowest BCUT2D eigenvalue weighted by Gasteiger charge is -2.09. The molecule has 3 nitrogen and oxygen atoms in total. The largest absolute Gasteiger partial charge is 0.339 e. The summed E-state index contributed by atoms with van der Waals surface area (Å²) in [5.74, 6) is 0.108. The number of halogens is 1. The number of pyridine rings is 1. The summed E-state index contributed by atoms with van der Waals surface area (Å²) in [6, 6.07) is 9.82. The SMILES string of the molecule is Cc1ccc(F)cc1Nc1ncccc1C#N. The van der Waals surface area contributed by atoms with E-state index in [1.54, 1.807) is 24.4 Å². The Morgan fingerprint density at radius 3 is 2.94 bits per heavy atom. The molecule has 0 amide bonds. The van der Waals surface area contributed by atoms with Crippen molar-refractivity contribution in [2.24, 2.45) is 0 Å². The van der Waals surface area contributed by atoms with Crippen LogP contribution in [0.15, 0.2) is 36.5 Å². The molecule has 0 aliphatic carbocycles. The molecule has 0 fully saturated rings. The first-order valence-electron chi connectivity index (χ1n) is 5.09. The Bertz CT molecular complexity index is 587. The molecule has 0 aliphatic rings. The maximum Gasteiger partial charge on any atom is 0.148 e. The molecule has 0 atom stereocenters. The molecule has 2 aromatic rings. The number of hydrogen-bond donors (Lipinski definition) is 1. The van der Waals surface area contributed by atoms with Crippen molar-refractivity contribution in [3.05, 3.63) is 53.5 Å². The van der Waals surface area contributed by atoms with Gasteiger partial charge in [0.2, 0.25) is 0 Å². The molecule has 1 aromatic carbocycles. The molecule has 0 aliphatic heterocycles. The smallest absolute Gasteiger partial charge is 0.148 e. The molecule has 0 saturated carbocycles.